The molecule has 98 valence electrons. The molecule has 1 amide bonds. The van der Waals surface area contributed by atoms with E-state index in [4.69, 9.17) is 5.73 Å². The van der Waals surface area contributed by atoms with Gasteiger partial charge >= 0.3 is 5.97 Å². The summed E-state index contributed by atoms with van der Waals surface area (Å²) in [5.41, 5.74) is 6.27. The summed E-state index contributed by atoms with van der Waals surface area (Å²) in [7, 11) is 2.95. The Morgan fingerprint density at radius 1 is 1.44 bits per heavy atom. The number of rotatable bonds is 4. The second-order valence-electron chi connectivity index (χ2n) is 4.04. The van der Waals surface area contributed by atoms with Crippen LogP contribution in [0.3, 0.4) is 0 Å². The van der Waals surface area contributed by atoms with Gasteiger partial charge in [0, 0.05) is 13.1 Å². The number of hydrogen-bond donors (Lipinski definition) is 3. The number of carbonyl (C=O) groups is 2. The lowest BCUT2D eigenvalue weighted by molar-refractivity contribution is 0.0603. The number of ether oxygens (including phenoxy) is 1. The van der Waals surface area contributed by atoms with E-state index in [0.29, 0.717) is 9.88 Å². The van der Waals surface area contributed by atoms with Gasteiger partial charge < -0.3 is 21.1 Å². The molecule has 0 aliphatic heterocycles. The van der Waals surface area contributed by atoms with Crippen molar-refractivity contribution in [2.24, 2.45) is 0 Å². The first-order chi connectivity index (χ1) is 8.58. The molecule has 7 heteroatoms. The molecule has 0 spiro atoms. The van der Waals surface area contributed by atoms with Crippen LogP contribution in [0.2, 0.25) is 0 Å². The standard InChI is InChI=1S/C11H15N3O3S/c1-13-10-6(11(16)17-2)7(12)8(18-10)9(15)14-5-3-4-5/h5,13H,3-4,12H2,1-2H3,(H,14,15). The summed E-state index contributed by atoms with van der Waals surface area (Å²) in [5, 5.41) is 6.24. The average Bonchev–Trinajstić information content (AvgIpc) is 3.10. The number of esters is 1. The fraction of sp³-hybridized carbons (Fsp3) is 0.455. The van der Waals surface area contributed by atoms with Gasteiger partial charge in [0.25, 0.3) is 5.91 Å². The van der Waals surface area contributed by atoms with E-state index in [1.165, 1.54) is 7.11 Å². The molecule has 1 fully saturated rings. The minimum absolute atomic E-state index is 0.175. The van der Waals surface area contributed by atoms with Crippen molar-refractivity contribution in [3.8, 4) is 0 Å². The van der Waals surface area contributed by atoms with Gasteiger partial charge in [0.2, 0.25) is 0 Å². The van der Waals surface area contributed by atoms with E-state index in [2.05, 4.69) is 15.4 Å². The highest BCUT2D eigenvalue weighted by atomic mass is 32.1. The summed E-state index contributed by atoms with van der Waals surface area (Å²) in [4.78, 5) is 23.9. The molecule has 1 aliphatic rings. The van der Waals surface area contributed by atoms with Crippen LogP contribution in [-0.4, -0.2) is 32.1 Å². The molecule has 1 heterocycles. The van der Waals surface area contributed by atoms with Gasteiger partial charge in [-0.2, -0.15) is 0 Å². The fourth-order valence-corrected chi connectivity index (χ4v) is 2.54. The van der Waals surface area contributed by atoms with Crippen molar-refractivity contribution < 1.29 is 14.3 Å². The number of methoxy groups -OCH3 is 1. The number of nitrogens with one attached hydrogen (secondary N) is 2. The fourth-order valence-electron chi connectivity index (χ4n) is 1.57. The van der Waals surface area contributed by atoms with E-state index in [9.17, 15) is 9.59 Å². The van der Waals surface area contributed by atoms with Crippen molar-refractivity contribution in [2.45, 2.75) is 18.9 Å². The molecule has 0 aromatic carbocycles. The third-order valence-corrected chi connectivity index (χ3v) is 3.90. The molecule has 18 heavy (non-hydrogen) atoms. The maximum Gasteiger partial charge on any atom is 0.343 e. The third-order valence-electron chi connectivity index (χ3n) is 2.68. The highest BCUT2D eigenvalue weighted by Gasteiger charge is 2.29. The molecular weight excluding hydrogens is 254 g/mol. The highest BCUT2D eigenvalue weighted by molar-refractivity contribution is 7.19. The van der Waals surface area contributed by atoms with Crippen LogP contribution in [-0.2, 0) is 4.74 Å². The summed E-state index contributed by atoms with van der Waals surface area (Å²) in [6, 6.07) is 0.249. The molecule has 6 nitrogen and oxygen atoms in total. The second kappa shape index (κ2) is 4.85. The van der Waals surface area contributed by atoms with Crippen molar-refractivity contribution in [3.05, 3.63) is 10.4 Å². The first kappa shape index (κ1) is 12.7. The highest BCUT2D eigenvalue weighted by Crippen LogP contribution is 2.36. The summed E-state index contributed by atoms with van der Waals surface area (Å²) in [5.74, 6) is -0.773. The summed E-state index contributed by atoms with van der Waals surface area (Å²) < 4.78 is 4.66. The zero-order valence-electron chi connectivity index (χ0n) is 10.2. The minimum atomic E-state index is -0.543. The lowest BCUT2D eigenvalue weighted by atomic mass is 10.2. The second-order valence-corrected chi connectivity index (χ2v) is 5.06. The molecule has 4 N–H and O–H groups in total. The number of carbonyl (C=O) groups excluding carboxylic acids is 2. The number of hydrogen-bond acceptors (Lipinski definition) is 6. The van der Waals surface area contributed by atoms with Crippen LogP contribution in [0.4, 0.5) is 10.7 Å². The van der Waals surface area contributed by atoms with Crippen LogP contribution in [0.1, 0.15) is 32.9 Å². The number of nitrogens with two attached hydrogens (primary N) is 1. The number of nitrogen functional groups attached to an aromatic ring is 1. The first-order valence-corrected chi connectivity index (χ1v) is 6.39. The Morgan fingerprint density at radius 2 is 2.11 bits per heavy atom. The Balaban J connectivity index is 2.33. The van der Waals surface area contributed by atoms with Gasteiger partial charge in [-0.1, -0.05) is 0 Å². The van der Waals surface area contributed by atoms with Crippen molar-refractivity contribution in [1.29, 1.82) is 0 Å². The van der Waals surface area contributed by atoms with Crippen molar-refractivity contribution in [1.82, 2.24) is 5.32 Å². The topological polar surface area (TPSA) is 93.5 Å². The first-order valence-electron chi connectivity index (χ1n) is 5.57. The normalized spacial score (nSPS) is 14.1. The quantitative estimate of drug-likeness (QED) is 0.710. The summed E-state index contributed by atoms with van der Waals surface area (Å²) >= 11 is 1.16. The van der Waals surface area contributed by atoms with Crippen LogP contribution in [0.5, 0.6) is 0 Å². The van der Waals surface area contributed by atoms with E-state index in [-0.39, 0.29) is 23.2 Å². The van der Waals surface area contributed by atoms with E-state index in [1.807, 2.05) is 0 Å². The maximum atomic E-state index is 11.9. The Morgan fingerprint density at radius 3 is 2.61 bits per heavy atom. The molecule has 0 radical (unpaired) electrons. The monoisotopic (exact) mass is 269 g/mol. The Labute approximate surface area is 108 Å². The van der Waals surface area contributed by atoms with Gasteiger partial charge in [-0.25, -0.2) is 4.79 Å². The van der Waals surface area contributed by atoms with Gasteiger partial charge in [-0.3, -0.25) is 4.79 Å². The lowest BCUT2D eigenvalue weighted by Gasteiger charge is -2.02. The van der Waals surface area contributed by atoms with Crippen LogP contribution in [0, 0.1) is 0 Å². The average molecular weight is 269 g/mol. The molecule has 0 unspecified atom stereocenters. The number of thiophene rings is 1. The van der Waals surface area contributed by atoms with Gasteiger partial charge in [-0.15, -0.1) is 11.3 Å². The predicted octanol–water partition coefficient (Wildman–Crippen LogP) is 1.05. The van der Waals surface area contributed by atoms with Crippen molar-refractivity contribution in [2.75, 3.05) is 25.2 Å². The SMILES string of the molecule is CNc1sc(C(=O)NC2CC2)c(N)c1C(=O)OC. The maximum absolute atomic E-state index is 11.9. The van der Waals surface area contributed by atoms with E-state index < -0.39 is 5.97 Å². The van der Waals surface area contributed by atoms with Gasteiger partial charge in [0.1, 0.15) is 15.4 Å². The van der Waals surface area contributed by atoms with Gasteiger partial charge in [0.05, 0.1) is 12.8 Å². The zero-order valence-corrected chi connectivity index (χ0v) is 11.0. The Bertz CT molecular complexity index is 494. The molecular formula is C11H15N3O3S. The van der Waals surface area contributed by atoms with Gasteiger partial charge in [-0.05, 0) is 12.8 Å². The van der Waals surface area contributed by atoms with Crippen molar-refractivity contribution >= 4 is 33.9 Å². The molecule has 0 bridgehead atoms. The van der Waals surface area contributed by atoms with Crippen LogP contribution < -0.4 is 16.4 Å². The van der Waals surface area contributed by atoms with E-state index >= 15 is 0 Å². The lowest BCUT2D eigenvalue weighted by Crippen LogP contribution is -2.25. The molecule has 1 saturated carbocycles. The van der Waals surface area contributed by atoms with Crippen LogP contribution in [0.25, 0.3) is 0 Å². The van der Waals surface area contributed by atoms with Crippen LogP contribution >= 0.6 is 11.3 Å². The molecule has 1 aromatic heterocycles. The van der Waals surface area contributed by atoms with Crippen molar-refractivity contribution in [3.63, 3.8) is 0 Å². The zero-order chi connectivity index (χ0) is 13.3. The van der Waals surface area contributed by atoms with E-state index in [0.717, 1.165) is 24.2 Å². The number of anilines is 2. The molecule has 0 atom stereocenters. The summed E-state index contributed by atoms with van der Waals surface area (Å²) in [6.45, 7) is 0. The molecule has 1 aromatic rings. The minimum Gasteiger partial charge on any atom is -0.465 e. The Kier molecular flexibility index (Phi) is 3.42. The van der Waals surface area contributed by atoms with E-state index in [1.54, 1.807) is 7.05 Å². The molecule has 0 saturated heterocycles. The smallest absolute Gasteiger partial charge is 0.343 e. The van der Waals surface area contributed by atoms with Gasteiger partial charge in [0.15, 0.2) is 0 Å². The Hall–Kier alpha value is -1.76. The number of amides is 1. The third kappa shape index (κ3) is 2.26. The molecule has 2 rings (SSSR count). The largest absolute Gasteiger partial charge is 0.465 e. The summed E-state index contributed by atoms with van der Waals surface area (Å²) in [6.07, 6.45) is 2.00. The van der Waals surface area contributed by atoms with Crippen LogP contribution in [0.15, 0.2) is 0 Å². The predicted molar refractivity (Wildman–Crippen MR) is 70.1 cm³/mol. The molecule has 1 aliphatic carbocycles.